The van der Waals surface area contributed by atoms with Gasteiger partial charge in [-0.15, -0.1) is 21.5 Å². The Bertz CT molecular complexity index is 1540. The molecule has 8 nitrogen and oxygen atoms in total. The number of thiophene rings is 1. The Hall–Kier alpha value is -2.69. The van der Waals surface area contributed by atoms with Crippen LogP contribution in [0.4, 0.5) is 0 Å². The second-order valence-electron chi connectivity index (χ2n) is 10.6. The average molecular weight is 552 g/mol. The summed E-state index contributed by atoms with van der Waals surface area (Å²) in [7, 11) is 0. The maximum absolute atomic E-state index is 14.1. The Kier molecular flexibility index (Phi) is 7.05. The predicted octanol–water partition coefficient (Wildman–Crippen LogP) is 4.74. The van der Waals surface area contributed by atoms with Crippen LogP contribution in [0, 0.1) is 5.92 Å². The minimum Gasteiger partial charge on any atom is -0.372 e. The lowest BCUT2D eigenvalue weighted by Gasteiger charge is -2.28. The first-order valence-corrected chi connectivity index (χ1v) is 15.1. The molecule has 10 heteroatoms. The zero-order chi connectivity index (χ0) is 26.4. The number of benzene rings is 1. The molecule has 1 amide bonds. The molecule has 38 heavy (non-hydrogen) atoms. The summed E-state index contributed by atoms with van der Waals surface area (Å²) in [4.78, 5) is 31.2. The van der Waals surface area contributed by atoms with Gasteiger partial charge >= 0.3 is 0 Å². The molecule has 2 aliphatic heterocycles. The molecule has 2 aliphatic rings. The predicted molar refractivity (Wildman–Crippen MR) is 151 cm³/mol. The van der Waals surface area contributed by atoms with Crippen LogP contribution in [0.2, 0.25) is 0 Å². The van der Waals surface area contributed by atoms with E-state index >= 15 is 0 Å². The first-order valence-electron chi connectivity index (χ1n) is 13.5. The van der Waals surface area contributed by atoms with E-state index in [1.807, 2.05) is 46.6 Å². The van der Waals surface area contributed by atoms with E-state index in [2.05, 4.69) is 24.0 Å². The quantitative estimate of drug-likeness (QED) is 0.322. The van der Waals surface area contributed by atoms with Crippen molar-refractivity contribution in [3.63, 3.8) is 0 Å². The fraction of sp³-hybridized carbons (Fsp3) is 0.500. The van der Waals surface area contributed by atoms with Crippen LogP contribution in [-0.2, 0) is 29.1 Å². The standard InChI is InChI=1S/C28H33N5O3S2/c1-17(2)21-14-20-22(16-36-21)38-26-23(20)25(35)32(15-19-10-6-4-7-11-19)27-29-30-28(33(26)27)37-18(3)24(34)31-12-8-5-9-13-31/h4,6-7,10-11,17-18,21H,5,8-9,12-16H2,1-3H3. The van der Waals surface area contributed by atoms with Gasteiger partial charge in [0.2, 0.25) is 11.7 Å². The summed E-state index contributed by atoms with van der Waals surface area (Å²) in [6, 6.07) is 9.96. The van der Waals surface area contributed by atoms with Gasteiger partial charge in [-0.3, -0.25) is 14.2 Å². The van der Waals surface area contributed by atoms with Gasteiger partial charge in [-0.2, -0.15) is 0 Å². The van der Waals surface area contributed by atoms with Crippen molar-refractivity contribution in [2.75, 3.05) is 13.1 Å². The lowest BCUT2D eigenvalue weighted by Crippen LogP contribution is -2.40. The van der Waals surface area contributed by atoms with Gasteiger partial charge in [-0.1, -0.05) is 55.9 Å². The van der Waals surface area contributed by atoms with Crippen molar-refractivity contribution in [2.45, 2.75) is 76.1 Å². The molecule has 0 radical (unpaired) electrons. The molecule has 6 rings (SSSR count). The van der Waals surface area contributed by atoms with E-state index in [0.717, 1.165) is 52.2 Å². The van der Waals surface area contributed by atoms with E-state index in [4.69, 9.17) is 4.74 Å². The minimum absolute atomic E-state index is 0.0420. The summed E-state index contributed by atoms with van der Waals surface area (Å²) in [6.07, 6.45) is 4.09. The second-order valence-corrected chi connectivity index (χ2v) is 13.0. The molecule has 0 aliphatic carbocycles. The molecule has 4 aromatic rings. The largest absolute Gasteiger partial charge is 0.372 e. The number of hydrogen-bond acceptors (Lipinski definition) is 7. The van der Waals surface area contributed by atoms with Crippen LogP contribution in [0.1, 0.15) is 56.0 Å². The van der Waals surface area contributed by atoms with Gasteiger partial charge in [-0.25, -0.2) is 4.40 Å². The number of ether oxygens (including phenoxy) is 1. The summed E-state index contributed by atoms with van der Waals surface area (Å²) in [6.45, 7) is 8.81. The second kappa shape index (κ2) is 10.5. The third-order valence-corrected chi connectivity index (χ3v) is 9.87. The number of amides is 1. The Morgan fingerprint density at radius 3 is 2.63 bits per heavy atom. The molecule has 200 valence electrons. The van der Waals surface area contributed by atoms with Gasteiger partial charge in [0, 0.05) is 24.4 Å². The van der Waals surface area contributed by atoms with Crippen molar-refractivity contribution < 1.29 is 9.53 Å². The summed E-state index contributed by atoms with van der Waals surface area (Å²) in [5, 5.41) is 10.1. The number of thioether (sulfide) groups is 1. The molecular formula is C28H33N5O3S2. The van der Waals surface area contributed by atoms with Crippen LogP contribution < -0.4 is 5.56 Å². The molecule has 2 unspecified atom stereocenters. The maximum atomic E-state index is 14.1. The van der Waals surface area contributed by atoms with E-state index < -0.39 is 0 Å². The number of likely N-dealkylation sites (tertiary alicyclic amines) is 1. The number of aromatic nitrogens is 4. The number of carbonyl (C=O) groups is 1. The normalized spacial score (nSPS) is 18.8. The van der Waals surface area contributed by atoms with Crippen LogP contribution in [0.3, 0.4) is 0 Å². The maximum Gasteiger partial charge on any atom is 0.264 e. The van der Waals surface area contributed by atoms with Crippen molar-refractivity contribution in [3.05, 3.63) is 56.7 Å². The highest BCUT2D eigenvalue weighted by Gasteiger charge is 2.31. The average Bonchev–Trinajstić information content (AvgIpc) is 3.52. The molecule has 0 bridgehead atoms. The third-order valence-electron chi connectivity index (χ3n) is 7.65. The van der Waals surface area contributed by atoms with Crippen molar-refractivity contribution >= 4 is 45.0 Å². The highest BCUT2D eigenvalue weighted by molar-refractivity contribution is 8.00. The number of rotatable bonds is 6. The Morgan fingerprint density at radius 2 is 1.89 bits per heavy atom. The first-order chi connectivity index (χ1) is 18.4. The molecule has 3 aromatic heterocycles. The lowest BCUT2D eigenvalue weighted by atomic mass is 9.96. The van der Waals surface area contributed by atoms with E-state index in [1.165, 1.54) is 18.2 Å². The SMILES string of the molecule is CC(Sc1nnc2n(Cc3ccccc3)c(=O)c3c4c(sc3n12)COC(C(C)C)C4)C(=O)N1CCCCC1. The molecule has 5 heterocycles. The summed E-state index contributed by atoms with van der Waals surface area (Å²) >= 11 is 3.02. The molecule has 0 N–H and O–H groups in total. The van der Waals surface area contributed by atoms with Crippen molar-refractivity contribution in [2.24, 2.45) is 5.92 Å². The first kappa shape index (κ1) is 25.6. The van der Waals surface area contributed by atoms with Crippen molar-refractivity contribution in [1.29, 1.82) is 0 Å². The molecule has 2 atom stereocenters. The van der Waals surface area contributed by atoms with E-state index in [9.17, 15) is 9.59 Å². The Balaban J connectivity index is 1.48. The van der Waals surface area contributed by atoms with Crippen molar-refractivity contribution in [3.8, 4) is 0 Å². The topological polar surface area (TPSA) is 81.7 Å². The smallest absolute Gasteiger partial charge is 0.264 e. The molecule has 0 saturated carbocycles. The lowest BCUT2D eigenvalue weighted by molar-refractivity contribution is -0.131. The fourth-order valence-corrected chi connectivity index (χ4v) is 7.72. The van der Waals surface area contributed by atoms with Gasteiger partial charge in [-0.05, 0) is 43.2 Å². The monoisotopic (exact) mass is 551 g/mol. The van der Waals surface area contributed by atoms with Crippen molar-refractivity contribution in [1.82, 2.24) is 24.1 Å². The fourth-order valence-electron chi connectivity index (χ4n) is 5.48. The number of hydrogen-bond donors (Lipinski definition) is 0. The zero-order valence-corrected chi connectivity index (χ0v) is 23.7. The number of nitrogens with zero attached hydrogens (tertiary/aromatic N) is 5. The molecule has 0 spiro atoms. The third kappa shape index (κ3) is 4.56. The molecule has 1 fully saturated rings. The van der Waals surface area contributed by atoms with E-state index in [1.54, 1.807) is 15.9 Å². The minimum atomic E-state index is -0.298. The number of carbonyl (C=O) groups excluding carboxylic acids is 1. The van der Waals surface area contributed by atoms with E-state index in [0.29, 0.717) is 36.4 Å². The van der Waals surface area contributed by atoms with Crippen LogP contribution in [0.25, 0.3) is 16.0 Å². The van der Waals surface area contributed by atoms with Crippen LogP contribution in [-0.4, -0.2) is 54.4 Å². The van der Waals surface area contributed by atoms with Gasteiger partial charge in [0.25, 0.3) is 5.56 Å². The Morgan fingerprint density at radius 1 is 1.13 bits per heavy atom. The number of fused-ring (bicyclic) bond motifs is 5. The van der Waals surface area contributed by atoms with Gasteiger partial charge in [0.15, 0.2) is 5.16 Å². The van der Waals surface area contributed by atoms with Crippen LogP contribution in [0.15, 0.2) is 40.3 Å². The number of piperidine rings is 1. The molecular weight excluding hydrogens is 518 g/mol. The highest BCUT2D eigenvalue weighted by atomic mass is 32.2. The summed E-state index contributed by atoms with van der Waals surface area (Å²) in [5.74, 6) is 1.00. The highest BCUT2D eigenvalue weighted by Crippen LogP contribution is 2.38. The molecule has 1 saturated heterocycles. The zero-order valence-electron chi connectivity index (χ0n) is 22.1. The van der Waals surface area contributed by atoms with E-state index in [-0.39, 0.29) is 22.8 Å². The van der Waals surface area contributed by atoms with Gasteiger partial charge < -0.3 is 9.64 Å². The van der Waals surface area contributed by atoms with Crippen LogP contribution in [0.5, 0.6) is 0 Å². The van der Waals surface area contributed by atoms with Gasteiger partial charge in [0.05, 0.1) is 29.9 Å². The van der Waals surface area contributed by atoms with Gasteiger partial charge in [0.1, 0.15) is 4.83 Å². The van der Waals surface area contributed by atoms with Crippen LogP contribution >= 0.6 is 23.1 Å². The molecule has 1 aromatic carbocycles. The summed E-state index contributed by atoms with van der Waals surface area (Å²) < 4.78 is 9.89. The summed E-state index contributed by atoms with van der Waals surface area (Å²) in [5.41, 5.74) is 2.07. The Labute approximate surface area is 230 Å².